The van der Waals surface area contributed by atoms with E-state index in [4.69, 9.17) is 18.9 Å². The number of ether oxygens (including phenoxy) is 4. The molecule has 4 aromatic carbocycles. The minimum Gasteiger partial charge on any atom is -0.368 e. The third-order valence-corrected chi connectivity index (χ3v) is 9.28. The molecule has 0 aromatic heterocycles. The average molecular weight is 557 g/mol. The van der Waals surface area contributed by atoms with Crippen molar-refractivity contribution in [3.05, 3.63) is 138 Å². The van der Waals surface area contributed by atoms with Crippen LogP contribution in [0.3, 0.4) is 0 Å². The third kappa shape index (κ3) is 6.77. The second kappa shape index (κ2) is 13.2. The molecule has 4 aromatic rings. The lowest BCUT2D eigenvalue weighted by atomic mass is 9.99. The zero-order valence-electron chi connectivity index (χ0n) is 21.6. The molecule has 0 unspecified atom stereocenters. The van der Waals surface area contributed by atoms with Gasteiger partial charge in [-0.25, -0.2) is 0 Å². The van der Waals surface area contributed by atoms with E-state index in [0.717, 1.165) is 27.3 Å². The van der Waals surface area contributed by atoms with Crippen LogP contribution in [0.1, 0.15) is 22.1 Å². The molecule has 39 heavy (non-hydrogen) atoms. The molecule has 0 spiro atoms. The van der Waals surface area contributed by atoms with Crippen molar-refractivity contribution in [1.29, 1.82) is 0 Å². The molecule has 2 aliphatic heterocycles. The van der Waals surface area contributed by atoms with Gasteiger partial charge < -0.3 is 18.9 Å². The van der Waals surface area contributed by atoms with Crippen LogP contribution in [0.25, 0.3) is 0 Å². The Labute approximate surface area is 239 Å². The first-order valence-electron chi connectivity index (χ1n) is 13.3. The van der Waals surface area contributed by atoms with Gasteiger partial charge in [0.2, 0.25) is 0 Å². The summed E-state index contributed by atoms with van der Waals surface area (Å²) < 4.78 is 27.0. The van der Waals surface area contributed by atoms with E-state index in [-0.39, 0.29) is 35.3 Å². The van der Waals surface area contributed by atoms with E-state index in [9.17, 15) is 0 Å². The van der Waals surface area contributed by atoms with Crippen molar-refractivity contribution in [2.45, 2.75) is 53.4 Å². The van der Waals surface area contributed by atoms with Gasteiger partial charge in [0.25, 0.3) is 0 Å². The van der Waals surface area contributed by atoms with Gasteiger partial charge in [0.15, 0.2) is 0 Å². The smallest absolute Gasteiger partial charge is 0.137 e. The van der Waals surface area contributed by atoms with Crippen LogP contribution in [0.2, 0.25) is 0 Å². The lowest BCUT2D eigenvalue weighted by molar-refractivity contribution is -0.246. The van der Waals surface area contributed by atoms with Crippen molar-refractivity contribution in [3.63, 3.8) is 0 Å². The van der Waals surface area contributed by atoms with Crippen LogP contribution in [0.15, 0.2) is 126 Å². The minimum atomic E-state index is -0.333. The van der Waals surface area contributed by atoms with Crippen LogP contribution >= 0.6 is 23.5 Å². The van der Waals surface area contributed by atoms with E-state index in [2.05, 4.69) is 72.8 Å². The first kappa shape index (κ1) is 26.6. The molecule has 6 atom stereocenters. The second-order valence-corrected chi connectivity index (χ2v) is 11.9. The van der Waals surface area contributed by atoms with Gasteiger partial charge in [-0.05, 0) is 28.8 Å². The average Bonchev–Trinajstić information content (AvgIpc) is 3.01. The third-order valence-electron chi connectivity index (χ3n) is 6.92. The summed E-state index contributed by atoms with van der Waals surface area (Å²) in [4.78, 5) is 1.14. The zero-order chi connectivity index (χ0) is 26.3. The van der Waals surface area contributed by atoms with Crippen molar-refractivity contribution < 1.29 is 18.9 Å². The monoisotopic (exact) mass is 556 g/mol. The Kier molecular flexibility index (Phi) is 9.00. The van der Waals surface area contributed by atoms with Crippen LogP contribution in [-0.4, -0.2) is 35.6 Å². The highest BCUT2D eigenvalue weighted by atomic mass is 32.2. The Morgan fingerprint density at radius 3 is 1.79 bits per heavy atom. The van der Waals surface area contributed by atoms with E-state index >= 15 is 0 Å². The molecule has 4 nitrogen and oxygen atoms in total. The number of thioether (sulfide) groups is 2. The second-order valence-electron chi connectivity index (χ2n) is 9.67. The van der Waals surface area contributed by atoms with Crippen LogP contribution < -0.4 is 0 Å². The Morgan fingerprint density at radius 1 is 0.641 bits per heavy atom. The normalized spacial score (nSPS) is 26.6. The highest BCUT2D eigenvalue weighted by Crippen LogP contribution is 2.45. The predicted octanol–water partition coefficient (Wildman–Crippen LogP) is 7.51. The summed E-state index contributed by atoms with van der Waals surface area (Å²) in [6.07, 6.45) is -0.997. The lowest BCUT2D eigenvalue weighted by Crippen LogP contribution is -2.61. The molecule has 2 saturated heterocycles. The predicted molar refractivity (Wildman–Crippen MR) is 158 cm³/mol. The summed E-state index contributed by atoms with van der Waals surface area (Å²) in [7, 11) is 0. The molecule has 0 bridgehead atoms. The Morgan fingerprint density at radius 2 is 1.18 bits per heavy atom. The van der Waals surface area contributed by atoms with Crippen LogP contribution in [0, 0.1) is 0 Å². The molecule has 2 heterocycles. The first-order chi connectivity index (χ1) is 19.3. The lowest BCUT2D eigenvalue weighted by Gasteiger charge is -2.49. The largest absolute Gasteiger partial charge is 0.368 e. The van der Waals surface area contributed by atoms with Crippen LogP contribution in [0.5, 0.6) is 0 Å². The summed E-state index contributed by atoms with van der Waals surface area (Å²) in [5, 5.41) is 0. The van der Waals surface area contributed by atoms with Gasteiger partial charge in [0.05, 0.1) is 19.3 Å². The molecule has 2 aliphatic rings. The van der Waals surface area contributed by atoms with Crippen molar-refractivity contribution >= 4 is 23.5 Å². The van der Waals surface area contributed by atoms with Crippen LogP contribution in [0.4, 0.5) is 0 Å². The van der Waals surface area contributed by atoms with E-state index in [1.165, 1.54) is 0 Å². The maximum atomic E-state index is 6.78. The number of hydrogen-bond donors (Lipinski definition) is 0. The summed E-state index contributed by atoms with van der Waals surface area (Å²) >= 11 is 3.48. The fourth-order valence-electron chi connectivity index (χ4n) is 4.95. The summed E-state index contributed by atoms with van der Waals surface area (Å²) in [5.41, 5.74) is 3.08. The van der Waals surface area contributed by atoms with E-state index in [0.29, 0.717) is 13.2 Å². The Balaban J connectivity index is 1.30. The molecule has 200 valence electrons. The van der Waals surface area contributed by atoms with Gasteiger partial charge in [-0.1, -0.05) is 121 Å². The minimum absolute atomic E-state index is 0.0769. The molecule has 6 heteroatoms. The highest BCUT2D eigenvalue weighted by molar-refractivity contribution is 8.00. The summed E-state index contributed by atoms with van der Waals surface area (Å²) in [6.45, 7) is 0.954. The fourth-order valence-corrected chi connectivity index (χ4v) is 7.29. The molecular weight excluding hydrogens is 524 g/mol. The van der Waals surface area contributed by atoms with Crippen molar-refractivity contribution in [2.24, 2.45) is 0 Å². The van der Waals surface area contributed by atoms with Gasteiger partial charge >= 0.3 is 0 Å². The molecule has 0 N–H and O–H groups in total. The maximum Gasteiger partial charge on any atom is 0.137 e. The number of rotatable bonds is 9. The molecule has 0 aliphatic carbocycles. The fraction of sp³-hybridized carbons (Fsp3) is 0.273. The number of benzene rings is 4. The summed E-state index contributed by atoms with van der Waals surface area (Å²) in [5.74, 6) is 0.826. The van der Waals surface area contributed by atoms with E-state index in [1.54, 1.807) is 23.5 Å². The molecule has 0 saturated carbocycles. The van der Waals surface area contributed by atoms with Crippen molar-refractivity contribution in [3.8, 4) is 0 Å². The number of hydrogen-bond acceptors (Lipinski definition) is 6. The standard InChI is InChI=1S/C33H32O4S2/c1-5-13-24(14-6-1)21-34-30-29-28(23-38-32(37-29)26-17-9-3-10-18-26)36-33(39-27-19-11-4-12-20-27)31(30)35-22-25-15-7-2-8-16-25/h1-20,28-33H,21-23H2/t28-,29-,30+,31+,32+,33-/m1/s1. The topological polar surface area (TPSA) is 36.9 Å². The Hall–Kier alpha value is -2.58. The van der Waals surface area contributed by atoms with Gasteiger partial charge in [-0.3, -0.25) is 0 Å². The van der Waals surface area contributed by atoms with Gasteiger partial charge in [0.1, 0.15) is 29.2 Å². The van der Waals surface area contributed by atoms with E-state index < -0.39 is 0 Å². The van der Waals surface area contributed by atoms with Crippen molar-refractivity contribution in [1.82, 2.24) is 0 Å². The van der Waals surface area contributed by atoms with E-state index in [1.807, 2.05) is 48.5 Å². The van der Waals surface area contributed by atoms with Crippen LogP contribution in [-0.2, 0) is 32.2 Å². The first-order valence-corrected chi connectivity index (χ1v) is 15.3. The molecule has 2 fully saturated rings. The van der Waals surface area contributed by atoms with Gasteiger partial charge in [-0.15, -0.1) is 11.8 Å². The summed E-state index contributed by atoms with van der Waals surface area (Å²) in [6, 6.07) is 41.4. The quantitative estimate of drug-likeness (QED) is 0.212. The maximum absolute atomic E-state index is 6.78. The van der Waals surface area contributed by atoms with Crippen molar-refractivity contribution in [2.75, 3.05) is 5.75 Å². The molecule has 0 radical (unpaired) electrons. The number of fused-ring (bicyclic) bond motifs is 1. The molecular formula is C33H32O4S2. The molecule has 6 rings (SSSR count). The zero-order valence-corrected chi connectivity index (χ0v) is 23.2. The highest BCUT2D eigenvalue weighted by Gasteiger charge is 2.51. The van der Waals surface area contributed by atoms with Gasteiger partial charge in [-0.2, -0.15) is 0 Å². The molecule has 0 amide bonds. The SMILES string of the molecule is c1ccc(CO[C@@H]2[C@H](OCc3ccccc3)[C@@H](Sc3ccccc3)O[C@@H]3CS[C@@H](c4ccccc4)O[C@@H]23)cc1. The van der Waals surface area contributed by atoms with Gasteiger partial charge in [0, 0.05) is 10.6 Å². The Bertz CT molecular complexity index is 1280.